The van der Waals surface area contributed by atoms with Crippen LogP contribution in [0.2, 0.25) is 0 Å². The average Bonchev–Trinajstić information content (AvgIpc) is 3.44. The Morgan fingerprint density at radius 1 is 1.17 bits per heavy atom. The van der Waals surface area contributed by atoms with E-state index in [2.05, 4.69) is 20.3 Å². The molecule has 7 heteroatoms. The van der Waals surface area contributed by atoms with E-state index >= 15 is 0 Å². The van der Waals surface area contributed by atoms with Gasteiger partial charge in [0.05, 0.1) is 36.3 Å². The van der Waals surface area contributed by atoms with E-state index in [1.807, 2.05) is 55.5 Å². The highest BCUT2D eigenvalue weighted by Gasteiger charge is 2.22. The molecule has 2 heterocycles. The fraction of sp³-hybridized carbons (Fsp3) is 0.348. The first-order valence-corrected chi connectivity index (χ1v) is 10.5. The van der Waals surface area contributed by atoms with Crippen molar-refractivity contribution in [2.75, 3.05) is 11.9 Å². The number of aromatic nitrogens is 3. The second kappa shape index (κ2) is 9.43. The van der Waals surface area contributed by atoms with Gasteiger partial charge in [-0.1, -0.05) is 18.9 Å². The molecule has 0 atom stereocenters. The summed E-state index contributed by atoms with van der Waals surface area (Å²) in [6.45, 7) is 2.90. The summed E-state index contributed by atoms with van der Waals surface area (Å²) in [6.07, 6.45) is 6.51. The van der Waals surface area contributed by atoms with Crippen LogP contribution >= 0.6 is 0 Å². The number of urea groups is 1. The molecule has 0 bridgehead atoms. The molecule has 2 N–H and O–H groups in total. The summed E-state index contributed by atoms with van der Waals surface area (Å²) in [5.74, 6) is 0.781. The number of benzene rings is 1. The van der Waals surface area contributed by atoms with E-state index in [1.165, 1.54) is 12.8 Å². The van der Waals surface area contributed by atoms with E-state index in [1.54, 1.807) is 6.20 Å². The minimum absolute atomic E-state index is 0.269. The highest BCUT2D eigenvalue weighted by Crippen LogP contribution is 2.33. The minimum Gasteiger partial charge on any atom is -0.494 e. The van der Waals surface area contributed by atoms with Gasteiger partial charge >= 0.3 is 6.03 Å². The highest BCUT2D eigenvalue weighted by molar-refractivity contribution is 5.89. The lowest BCUT2D eigenvalue weighted by atomic mass is 10.2. The van der Waals surface area contributed by atoms with Crippen molar-refractivity contribution in [1.82, 2.24) is 20.1 Å². The number of nitrogens with zero attached hydrogens (tertiary/aromatic N) is 3. The average molecular weight is 406 g/mol. The van der Waals surface area contributed by atoms with Crippen molar-refractivity contribution >= 4 is 11.7 Å². The van der Waals surface area contributed by atoms with Gasteiger partial charge in [0, 0.05) is 11.9 Å². The smallest absolute Gasteiger partial charge is 0.319 e. The second-order valence-electron chi connectivity index (χ2n) is 7.38. The predicted molar refractivity (Wildman–Crippen MR) is 116 cm³/mol. The van der Waals surface area contributed by atoms with Gasteiger partial charge in [-0.15, -0.1) is 0 Å². The van der Waals surface area contributed by atoms with Crippen molar-refractivity contribution < 1.29 is 9.53 Å². The molecular formula is C23H27N5O2. The van der Waals surface area contributed by atoms with Crippen LogP contribution in [-0.2, 0) is 6.54 Å². The van der Waals surface area contributed by atoms with Gasteiger partial charge in [-0.2, -0.15) is 5.10 Å². The number of nitrogens with one attached hydrogen (secondary N) is 2. The van der Waals surface area contributed by atoms with Gasteiger partial charge in [-0.25, -0.2) is 4.79 Å². The molecule has 1 fully saturated rings. The third kappa shape index (κ3) is 4.79. The maximum atomic E-state index is 12.3. The summed E-state index contributed by atoms with van der Waals surface area (Å²) in [4.78, 5) is 16.8. The Bertz CT molecular complexity index is 963. The van der Waals surface area contributed by atoms with Gasteiger partial charge in [0.1, 0.15) is 5.75 Å². The summed E-state index contributed by atoms with van der Waals surface area (Å²) in [5, 5.41) is 10.5. The van der Waals surface area contributed by atoms with Gasteiger partial charge in [-0.3, -0.25) is 9.67 Å². The van der Waals surface area contributed by atoms with Crippen molar-refractivity contribution in [1.29, 1.82) is 0 Å². The van der Waals surface area contributed by atoms with E-state index in [9.17, 15) is 4.79 Å². The van der Waals surface area contributed by atoms with E-state index in [0.29, 0.717) is 24.9 Å². The van der Waals surface area contributed by atoms with E-state index in [0.717, 1.165) is 35.7 Å². The quantitative estimate of drug-likeness (QED) is 0.593. The number of anilines is 1. The Kier molecular flexibility index (Phi) is 6.27. The van der Waals surface area contributed by atoms with Gasteiger partial charge < -0.3 is 15.4 Å². The zero-order valence-electron chi connectivity index (χ0n) is 17.2. The number of hydrogen-bond acceptors (Lipinski definition) is 4. The Labute approximate surface area is 176 Å². The first kappa shape index (κ1) is 19.9. The molecule has 2 aromatic heterocycles. The molecule has 0 radical (unpaired) electrons. The Hall–Kier alpha value is -3.35. The van der Waals surface area contributed by atoms with Gasteiger partial charge in [0.25, 0.3) is 0 Å². The lowest BCUT2D eigenvalue weighted by Gasteiger charge is -2.13. The third-order valence-corrected chi connectivity index (χ3v) is 5.24. The molecule has 1 saturated carbocycles. The summed E-state index contributed by atoms with van der Waals surface area (Å²) in [5.41, 5.74) is 3.44. The van der Waals surface area contributed by atoms with E-state index in [-0.39, 0.29) is 6.03 Å². The molecule has 0 unspecified atom stereocenters. The molecule has 3 aromatic rings. The van der Waals surface area contributed by atoms with Crippen molar-refractivity contribution in [2.45, 2.75) is 45.2 Å². The fourth-order valence-electron chi connectivity index (χ4n) is 3.81. The third-order valence-electron chi connectivity index (χ3n) is 5.24. The van der Waals surface area contributed by atoms with Crippen LogP contribution in [-0.4, -0.2) is 27.4 Å². The number of ether oxygens (including phenoxy) is 1. The zero-order chi connectivity index (χ0) is 20.8. The molecule has 0 spiro atoms. The van der Waals surface area contributed by atoms with E-state index < -0.39 is 0 Å². The SMILES string of the molecule is CCOc1ccc(NC(=O)NCc2cc(-c3ccccn3)n(C3CCCC3)n2)cc1. The number of amides is 2. The van der Waals surface area contributed by atoms with Gasteiger partial charge in [0.2, 0.25) is 0 Å². The Balaban J connectivity index is 1.42. The zero-order valence-corrected chi connectivity index (χ0v) is 17.2. The largest absolute Gasteiger partial charge is 0.494 e. The molecule has 0 saturated heterocycles. The molecule has 1 aliphatic carbocycles. The first-order chi connectivity index (χ1) is 14.7. The van der Waals surface area contributed by atoms with Crippen LogP contribution in [0.25, 0.3) is 11.4 Å². The molecule has 156 valence electrons. The molecule has 1 aliphatic rings. The monoisotopic (exact) mass is 405 g/mol. The first-order valence-electron chi connectivity index (χ1n) is 10.5. The van der Waals surface area contributed by atoms with Crippen LogP contribution in [0.1, 0.15) is 44.3 Å². The molecule has 2 amide bonds. The van der Waals surface area contributed by atoms with E-state index in [4.69, 9.17) is 9.84 Å². The molecular weight excluding hydrogens is 378 g/mol. The fourth-order valence-corrected chi connectivity index (χ4v) is 3.81. The van der Waals surface area contributed by atoms with Crippen LogP contribution in [0.5, 0.6) is 5.75 Å². The molecule has 30 heavy (non-hydrogen) atoms. The molecule has 4 rings (SSSR count). The van der Waals surface area contributed by atoms with Crippen LogP contribution in [0, 0.1) is 0 Å². The maximum absolute atomic E-state index is 12.3. The molecule has 1 aromatic carbocycles. The topological polar surface area (TPSA) is 81.1 Å². The highest BCUT2D eigenvalue weighted by atomic mass is 16.5. The van der Waals surface area contributed by atoms with Crippen LogP contribution in [0.3, 0.4) is 0 Å². The standard InChI is InChI=1S/C23H27N5O2/c1-2-30-20-12-10-17(11-13-20)26-23(29)25-16-18-15-22(21-9-5-6-14-24-21)28(27-18)19-7-3-4-8-19/h5-6,9-15,19H,2-4,7-8,16H2,1H3,(H2,25,26,29). The lowest BCUT2D eigenvalue weighted by Crippen LogP contribution is -2.28. The number of carbonyl (C=O) groups is 1. The Morgan fingerprint density at radius 3 is 2.67 bits per heavy atom. The van der Waals surface area contributed by atoms with Crippen LogP contribution in [0.15, 0.2) is 54.7 Å². The summed E-state index contributed by atoms with van der Waals surface area (Å²) < 4.78 is 7.51. The molecule has 0 aliphatic heterocycles. The number of hydrogen-bond donors (Lipinski definition) is 2. The van der Waals surface area contributed by atoms with Crippen molar-refractivity contribution in [2.24, 2.45) is 0 Å². The predicted octanol–water partition coefficient (Wildman–Crippen LogP) is 4.78. The van der Waals surface area contributed by atoms with Crippen molar-refractivity contribution in [3.63, 3.8) is 0 Å². The minimum atomic E-state index is -0.269. The van der Waals surface area contributed by atoms with Crippen molar-refractivity contribution in [3.8, 4) is 17.1 Å². The number of carbonyl (C=O) groups excluding carboxylic acids is 1. The van der Waals surface area contributed by atoms with Crippen molar-refractivity contribution in [3.05, 3.63) is 60.4 Å². The summed E-state index contributed by atoms with van der Waals surface area (Å²) >= 11 is 0. The molecule has 7 nitrogen and oxygen atoms in total. The second-order valence-corrected chi connectivity index (χ2v) is 7.38. The van der Waals surface area contributed by atoms with Crippen LogP contribution in [0.4, 0.5) is 10.5 Å². The maximum Gasteiger partial charge on any atom is 0.319 e. The summed E-state index contributed by atoms with van der Waals surface area (Å²) in [7, 11) is 0. The normalized spacial score (nSPS) is 13.9. The number of pyridine rings is 1. The number of rotatable bonds is 7. The Morgan fingerprint density at radius 2 is 1.97 bits per heavy atom. The lowest BCUT2D eigenvalue weighted by molar-refractivity contribution is 0.251. The van der Waals surface area contributed by atoms with Crippen LogP contribution < -0.4 is 15.4 Å². The summed E-state index contributed by atoms with van der Waals surface area (Å²) in [6, 6.07) is 15.3. The van der Waals surface area contributed by atoms with Gasteiger partial charge in [0.15, 0.2) is 0 Å². The van der Waals surface area contributed by atoms with Gasteiger partial charge in [-0.05, 0) is 62.2 Å².